The summed E-state index contributed by atoms with van der Waals surface area (Å²) in [5.74, 6) is -0.284. The van der Waals surface area contributed by atoms with E-state index < -0.39 is 0 Å². The molecule has 0 bridgehead atoms. The van der Waals surface area contributed by atoms with Gasteiger partial charge in [0.15, 0.2) is 5.78 Å². The molecule has 0 saturated carbocycles. The predicted molar refractivity (Wildman–Crippen MR) is 106 cm³/mol. The van der Waals surface area contributed by atoms with E-state index in [1.165, 1.54) is 24.0 Å². The van der Waals surface area contributed by atoms with Gasteiger partial charge in [-0.3, -0.25) is 4.79 Å². The van der Waals surface area contributed by atoms with E-state index in [1.54, 1.807) is 19.1 Å². The number of fused-ring (bicyclic) bond motifs is 2. The molecule has 1 aliphatic rings. The highest BCUT2D eigenvalue weighted by molar-refractivity contribution is 6.11. The van der Waals surface area contributed by atoms with Crippen LogP contribution in [0, 0.1) is 0 Å². The van der Waals surface area contributed by atoms with Crippen molar-refractivity contribution in [1.82, 2.24) is 0 Å². The van der Waals surface area contributed by atoms with Crippen LogP contribution in [0.4, 0.5) is 0 Å². The lowest BCUT2D eigenvalue weighted by atomic mass is 9.89. The fourth-order valence-corrected chi connectivity index (χ4v) is 3.77. The zero-order chi connectivity index (χ0) is 18.8. The van der Waals surface area contributed by atoms with Gasteiger partial charge in [-0.1, -0.05) is 30.3 Å². The quantitative estimate of drug-likeness (QED) is 0.480. The van der Waals surface area contributed by atoms with Gasteiger partial charge in [0, 0.05) is 11.1 Å². The number of esters is 1. The van der Waals surface area contributed by atoms with E-state index in [4.69, 9.17) is 4.74 Å². The molecular weight excluding hydrogens is 336 g/mol. The predicted octanol–water partition coefficient (Wildman–Crippen LogP) is 5.13. The Bertz CT molecular complexity index is 1030. The lowest BCUT2D eigenvalue weighted by molar-refractivity contribution is 0.0526. The molecule has 0 saturated heterocycles. The molecule has 0 amide bonds. The molecule has 3 nitrogen and oxygen atoms in total. The lowest BCUT2D eigenvalue weighted by Gasteiger charge is -2.16. The molecule has 3 heteroatoms. The second kappa shape index (κ2) is 7.36. The molecule has 0 radical (unpaired) electrons. The Labute approximate surface area is 159 Å². The molecule has 0 heterocycles. The summed E-state index contributed by atoms with van der Waals surface area (Å²) in [6, 6.07) is 17.1. The number of aryl methyl sites for hydroxylation is 2. The first-order valence-electron chi connectivity index (χ1n) is 9.53. The van der Waals surface area contributed by atoms with Crippen molar-refractivity contribution in [3.8, 4) is 0 Å². The van der Waals surface area contributed by atoms with E-state index in [0.29, 0.717) is 17.7 Å². The lowest BCUT2D eigenvalue weighted by Crippen LogP contribution is -2.07. The molecule has 3 aromatic rings. The molecule has 27 heavy (non-hydrogen) atoms. The van der Waals surface area contributed by atoms with Gasteiger partial charge >= 0.3 is 5.97 Å². The second-order valence-corrected chi connectivity index (χ2v) is 7.02. The van der Waals surface area contributed by atoms with Gasteiger partial charge in [0.05, 0.1) is 12.2 Å². The standard InChI is InChI=1S/C24H22O3/c1-2-27-24(26)22-12-9-18-14-21(11-8-19(18)15-22)23(25)20-10-7-16-5-3-4-6-17(16)13-20/h7-15H,2-6H2,1H3. The Hall–Kier alpha value is -2.94. The first-order valence-corrected chi connectivity index (χ1v) is 9.53. The molecule has 1 aliphatic carbocycles. The minimum absolute atomic E-state index is 0.0414. The van der Waals surface area contributed by atoms with Crippen molar-refractivity contribution >= 4 is 22.5 Å². The van der Waals surface area contributed by atoms with Crippen LogP contribution in [0.1, 0.15) is 57.2 Å². The van der Waals surface area contributed by atoms with Crippen molar-refractivity contribution in [2.75, 3.05) is 6.61 Å². The number of ketones is 1. The van der Waals surface area contributed by atoms with E-state index in [1.807, 2.05) is 30.3 Å². The summed E-state index contributed by atoms with van der Waals surface area (Å²) in [7, 11) is 0. The molecule has 0 N–H and O–H groups in total. The Morgan fingerprint density at radius 1 is 0.778 bits per heavy atom. The molecule has 0 atom stereocenters. The van der Waals surface area contributed by atoms with Gasteiger partial charge in [-0.05, 0) is 78.8 Å². The SMILES string of the molecule is CCOC(=O)c1ccc2cc(C(=O)c3ccc4c(c3)CCCC4)ccc2c1. The summed E-state index contributed by atoms with van der Waals surface area (Å²) in [6.45, 7) is 2.14. The van der Waals surface area contributed by atoms with Crippen molar-refractivity contribution in [1.29, 1.82) is 0 Å². The van der Waals surface area contributed by atoms with Crippen LogP contribution in [0.2, 0.25) is 0 Å². The molecule has 0 aliphatic heterocycles. The smallest absolute Gasteiger partial charge is 0.338 e. The highest BCUT2D eigenvalue weighted by Crippen LogP contribution is 2.25. The van der Waals surface area contributed by atoms with E-state index in [2.05, 4.69) is 12.1 Å². The van der Waals surface area contributed by atoms with Gasteiger partial charge in [-0.15, -0.1) is 0 Å². The van der Waals surface area contributed by atoms with E-state index in [0.717, 1.165) is 29.2 Å². The molecule has 136 valence electrons. The maximum absolute atomic E-state index is 13.0. The van der Waals surface area contributed by atoms with E-state index in [-0.39, 0.29) is 11.8 Å². The number of carbonyl (C=O) groups excluding carboxylic acids is 2. The third kappa shape index (κ3) is 3.50. The van der Waals surface area contributed by atoms with Crippen LogP contribution in [0.5, 0.6) is 0 Å². The Balaban J connectivity index is 1.64. The largest absolute Gasteiger partial charge is 0.462 e. The number of carbonyl (C=O) groups is 2. The van der Waals surface area contributed by atoms with Gasteiger partial charge in [0.1, 0.15) is 0 Å². The molecule has 3 aromatic carbocycles. The van der Waals surface area contributed by atoms with E-state index >= 15 is 0 Å². The third-order valence-electron chi connectivity index (χ3n) is 5.22. The molecule has 0 aromatic heterocycles. The summed E-state index contributed by atoms with van der Waals surface area (Å²) >= 11 is 0. The Morgan fingerprint density at radius 2 is 1.37 bits per heavy atom. The fraction of sp³-hybridized carbons (Fsp3) is 0.250. The monoisotopic (exact) mass is 358 g/mol. The van der Waals surface area contributed by atoms with Crippen LogP contribution in [-0.4, -0.2) is 18.4 Å². The maximum Gasteiger partial charge on any atom is 0.338 e. The normalized spacial score (nSPS) is 13.2. The molecule has 0 spiro atoms. The average molecular weight is 358 g/mol. The minimum atomic E-state index is -0.325. The number of rotatable bonds is 4. The zero-order valence-corrected chi connectivity index (χ0v) is 15.5. The maximum atomic E-state index is 13.0. The van der Waals surface area contributed by atoms with Crippen molar-refractivity contribution in [2.45, 2.75) is 32.6 Å². The average Bonchev–Trinajstić information content (AvgIpc) is 2.72. The van der Waals surface area contributed by atoms with Crippen molar-refractivity contribution in [2.24, 2.45) is 0 Å². The summed E-state index contributed by atoms with van der Waals surface area (Å²) in [4.78, 5) is 24.9. The van der Waals surface area contributed by atoms with Gasteiger partial charge in [0.25, 0.3) is 0 Å². The third-order valence-corrected chi connectivity index (χ3v) is 5.22. The first-order chi connectivity index (χ1) is 13.2. The molecule has 0 unspecified atom stereocenters. The van der Waals surface area contributed by atoms with Gasteiger partial charge in [0.2, 0.25) is 0 Å². The van der Waals surface area contributed by atoms with Gasteiger partial charge in [-0.25, -0.2) is 4.79 Å². The van der Waals surface area contributed by atoms with Crippen molar-refractivity contribution in [3.05, 3.63) is 82.4 Å². The molecule has 4 rings (SSSR count). The molecule has 0 fully saturated rings. The van der Waals surface area contributed by atoms with Crippen molar-refractivity contribution < 1.29 is 14.3 Å². The highest BCUT2D eigenvalue weighted by atomic mass is 16.5. The highest BCUT2D eigenvalue weighted by Gasteiger charge is 2.15. The summed E-state index contributed by atoms with van der Waals surface area (Å²) in [6.07, 6.45) is 4.61. The zero-order valence-electron chi connectivity index (χ0n) is 15.5. The van der Waals surface area contributed by atoms with Crippen LogP contribution in [0.3, 0.4) is 0 Å². The fourth-order valence-electron chi connectivity index (χ4n) is 3.77. The van der Waals surface area contributed by atoms with Gasteiger partial charge in [-0.2, -0.15) is 0 Å². The minimum Gasteiger partial charge on any atom is -0.462 e. The summed E-state index contributed by atoms with van der Waals surface area (Å²) in [5, 5.41) is 1.86. The van der Waals surface area contributed by atoms with E-state index in [9.17, 15) is 9.59 Å². The Morgan fingerprint density at radius 3 is 2.11 bits per heavy atom. The van der Waals surface area contributed by atoms with Gasteiger partial charge < -0.3 is 4.74 Å². The number of ether oxygens (including phenoxy) is 1. The summed E-state index contributed by atoms with van der Waals surface area (Å²) < 4.78 is 5.05. The first kappa shape index (κ1) is 17.5. The Kier molecular flexibility index (Phi) is 4.76. The second-order valence-electron chi connectivity index (χ2n) is 7.02. The summed E-state index contributed by atoms with van der Waals surface area (Å²) in [5.41, 5.74) is 4.63. The van der Waals surface area contributed by atoms with Crippen LogP contribution < -0.4 is 0 Å². The van der Waals surface area contributed by atoms with Crippen LogP contribution in [0.25, 0.3) is 10.8 Å². The molecular formula is C24H22O3. The van der Waals surface area contributed by atoms with Crippen LogP contribution in [-0.2, 0) is 17.6 Å². The number of hydrogen-bond acceptors (Lipinski definition) is 3. The topological polar surface area (TPSA) is 43.4 Å². The van der Waals surface area contributed by atoms with Crippen molar-refractivity contribution in [3.63, 3.8) is 0 Å². The number of benzene rings is 3. The van der Waals surface area contributed by atoms with Crippen LogP contribution >= 0.6 is 0 Å². The van der Waals surface area contributed by atoms with Crippen LogP contribution in [0.15, 0.2) is 54.6 Å². The number of hydrogen-bond donors (Lipinski definition) is 0.